The van der Waals surface area contributed by atoms with Crippen LogP contribution in [0, 0.1) is 5.92 Å². The van der Waals surface area contributed by atoms with Gasteiger partial charge in [-0.05, 0) is 61.7 Å². The summed E-state index contributed by atoms with van der Waals surface area (Å²) in [7, 11) is 0. The fraction of sp³-hybridized carbons (Fsp3) is 0.393. The molecule has 0 aromatic heterocycles. The number of hydrogen-bond acceptors (Lipinski definition) is 4. The van der Waals surface area contributed by atoms with Crippen molar-refractivity contribution in [3.8, 4) is 0 Å². The molecular formula is C28H35N3O3S. The Morgan fingerprint density at radius 2 is 1.74 bits per heavy atom. The Kier molecular flexibility index (Phi) is 9.04. The summed E-state index contributed by atoms with van der Waals surface area (Å²) in [4.78, 5) is 27.9. The van der Waals surface area contributed by atoms with Gasteiger partial charge in [0.15, 0.2) is 5.11 Å². The molecule has 3 rings (SSSR count). The Bertz CT molecular complexity index is 1080. The third-order valence-corrected chi connectivity index (χ3v) is 6.46. The Morgan fingerprint density at radius 3 is 2.31 bits per heavy atom. The van der Waals surface area contributed by atoms with Crippen molar-refractivity contribution in [2.24, 2.45) is 5.92 Å². The number of carbonyl (C=O) groups is 2. The summed E-state index contributed by atoms with van der Waals surface area (Å²) in [6.45, 7) is 10.9. The zero-order valence-corrected chi connectivity index (χ0v) is 21.9. The first kappa shape index (κ1) is 26.4. The van der Waals surface area contributed by atoms with Crippen LogP contribution in [-0.4, -0.2) is 35.0 Å². The molecule has 2 N–H and O–H groups in total. The van der Waals surface area contributed by atoms with Crippen LogP contribution in [-0.2, 0) is 14.3 Å². The number of carbonyl (C=O) groups excluding carboxylic acids is 2. The fourth-order valence-electron chi connectivity index (χ4n) is 4.24. The fourth-order valence-corrected chi connectivity index (χ4v) is 4.63. The number of anilines is 1. The summed E-state index contributed by atoms with van der Waals surface area (Å²) in [5.41, 5.74) is 3.90. The zero-order valence-electron chi connectivity index (χ0n) is 21.1. The van der Waals surface area contributed by atoms with Crippen LogP contribution in [0.4, 0.5) is 5.69 Å². The number of benzene rings is 2. The molecule has 0 fully saturated rings. The highest BCUT2D eigenvalue weighted by molar-refractivity contribution is 7.80. The van der Waals surface area contributed by atoms with Gasteiger partial charge in [0.2, 0.25) is 5.91 Å². The van der Waals surface area contributed by atoms with E-state index in [1.54, 1.807) is 0 Å². The average molecular weight is 494 g/mol. The monoisotopic (exact) mass is 493 g/mol. The quantitative estimate of drug-likeness (QED) is 0.353. The van der Waals surface area contributed by atoms with Crippen LogP contribution in [0.3, 0.4) is 0 Å². The second-order valence-corrected chi connectivity index (χ2v) is 9.49. The number of thiocarbonyl (C=S) groups is 1. The van der Waals surface area contributed by atoms with Crippen molar-refractivity contribution in [2.75, 3.05) is 18.5 Å². The van der Waals surface area contributed by atoms with Crippen LogP contribution in [0.25, 0.3) is 0 Å². The predicted octanol–water partition coefficient (Wildman–Crippen LogP) is 5.54. The number of rotatable bonds is 9. The molecule has 2 aromatic rings. The van der Waals surface area contributed by atoms with E-state index in [9.17, 15) is 9.59 Å². The molecule has 0 saturated heterocycles. The van der Waals surface area contributed by atoms with Crippen molar-refractivity contribution in [3.63, 3.8) is 0 Å². The van der Waals surface area contributed by atoms with Gasteiger partial charge in [-0.1, -0.05) is 63.2 Å². The summed E-state index contributed by atoms with van der Waals surface area (Å²) in [5, 5.41) is 6.90. The van der Waals surface area contributed by atoms with Crippen molar-refractivity contribution in [3.05, 3.63) is 77.0 Å². The number of nitrogens with one attached hydrogen (secondary N) is 2. The van der Waals surface area contributed by atoms with Crippen LogP contribution < -0.4 is 10.6 Å². The predicted molar refractivity (Wildman–Crippen MR) is 144 cm³/mol. The lowest BCUT2D eigenvalue weighted by molar-refractivity contribution is -0.140. The van der Waals surface area contributed by atoms with Crippen molar-refractivity contribution >= 4 is 34.9 Å². The Morgan fingerprint density at radius 1 is 1.09 bits per heavy atom. The zero-order chi connectivity index (χ0) is 25.5. The van der Waals surface area contributed by atoms with Crippen LogP contribution in [0.1, 0.15) is 64.1 Å². The molecule has 0 radical (unpaired) electrons. The van der Waals surface area contributed by atoms with E-state index in [0.29, 0.717) is 35.9 Å². The van der Waals surface area contributed by atoms with Crippen molar-refractivity contribution in [1.29, 1.82) is 0 Å². The molecule has 0 bridgehead atoms. The SMILES string of the molecule is CC[C@@H](C(=O)Nc1ccc([C@H]2NC(=S)N(CC)C(C)=C2C(=O)OCC(C)C)cc1)c1ccccc1. The maximum absolute atomic E-state index is 13.1. The van der Waals surface area contributed by atoms with Crippen molar-refractivity contribution in [1.82, 2.24) is 10.2 Å². The van der Waals surface area contributed by atoms with E-state index >= 15 is 0 Å². The molecule has 6 nitrogen and oxygen atoms in total. The van der Waals surface area contributed by atoms with Gasteiger partial charge in [0.05, 0.1) is 24.1 Å². The number of esters is 1. The molecule has 0 saturated carbocycles. The number of nitrogens with zero attached hydrogens (tertiary/aromatic N) is 1. The number of amides is 1. The van der Waals surface area contributed by atoms with Gasteiger partial charge in [-0.3, -0.25) is 4.79 Å². The number of allylic oxidation sites excluding steroid dienone is 1. The maximum Gasteiger partial charge on any atom is 0.338 e. The van der Waals surface area contributed by atoms with Crippen LogP contribution in [0.2, 0.25) is 0 Å². The first-order valence-corrected chi connectivity index (χ1v) is 12.6. The first-order valence-electron chi connectivity index (χ1n) is 12.2. The Hall–Kier alpha value is -3.19. The topological polar surface area (TPSA) is 70.7 Å². The van der Waals surface area contributed by atoms with Gasteiger partial charge in [0.1, 0.15) is 0 Å². The first-order chi connectivity index (χ1) is 16.8. The highest BCUT2D eigenvalue weighted by Crippen LogP contribution is 2.32. The second kappa shape index (κ2) is 12.0. The standard InChI is InChI=1S/C28H35N3O3S/c1-6-23(20-11-9-8-10-12-20)26(32)29-22-15-13-21(14-16-22)25-24(27(33)34-17-18(3)4)19(5)31(7-2)28(35)30-25/h8-16,18,23,25H,6-7,17H2,1-5H3,(H,29,32)(H,30,35)/t23-,25-/m1/s1. The van der Waals surface area contributed by atoms with Crippen LogP contribution >= 0.6 is 12.2 Å². The molecule has 0 spiro atoms. The maximum atomic E-state index is 13.1. The average Bonchev–Trinajstić information content (AvgIpc) is 2.84. The molecule has 1 amide bonds. The Balaban J connectivity index is 1.83. The molecule has 1 aliphatic rings. The van der Waals surface area contributed by atoms with Gasteiger partial charge in [-0.25, -0.2) is 4.79 Å². The van der Waals surface area contributed by atoms with Crippen molar-refractivity contribution in [2.45, 2.75) is 53.0 Å². The minimum atomic E-state index is -0.428. The largest absolute Gasteiger partial charge is 0.462 e. The number of ether oxygens (including phenoxy) is 1. The van der Waals surface area contributed by atoms with Gasteiger partial charge < -0.3 is 20.3 Å². The lowest BCUT2D eigenvalue weighted by atomic mass is 9.94. The van der Waals surface area contributed by atoms with E-state index in [-0.39, 0.29) is 23.7 Å². The smallest absolute Gasteiger partial charge is 0.338 e. The molecule has 0 aliphatic carbocycles. The molecule has 1 heterocycles. The highest BCUT2D eigenvalue weighted by atomic mass is 32.1. The van der Waals surface area contributed by atoms with Crippen molar-refractivity contribution < 1.29 is 14.3 Å². The summed E-state index contributed by atoms with van der Waals surface area (Å²) < 4.78 is 5.59. The van der Waals surface area contributed by atoms with E-state index in [4.69, 9.17) is 17.0 Å². The molecule has 35 heavy (non-hydrogen) atoms. The normalized spacial score (nSPS) is 16.7. The summed E-state index contributed by atoms with van der Waals surface area (Å²) >= 11 is 5.57. The minimum absolute atomic E-state index is 0.0456. The highest BCUT2D eigenvalue weighted by Gasteiger charge is 2.34. The molecular weight excluding hydrogens is 458 g/mol. The Labute approximate surface area is 213 Å². The van der Waals surface area contributed by atoms with Gasteiger partial charge in [-0.2, -0.15) is 0 Å². The third kappa shape index (κ3) is 6.28. The lowest BCUT2D eigenvalue weighted by Gasteiger charge is -2.37. The molecule has 7 heteroatoms. The molecule has 186 valence electrons. The van der Waals surface area contributed by atoms with Gasteiger partial charge in [-0.15, -0.1) is 0 Å². The molecule has 0 unspecified atom stereocenters. The van der Waals surface area contributed by atoms with Crippen LogP contribution in [0.5, 0.6) is 0 Å². The van der Waals surface area contributed by atoms with E-state index < -0.39 is 6.04 Å². The van der Waals surface area contributed by atoms with Gasteiger partial charge >= 0.3 is 5.97 Å². The van der Waals surface area contributed by atoms with Gasteiger partial charge in [0, 0.05) is 17.9 Å². The van der Waals surface area contributed by atoms with E-state index in [1.165, 1.54) is 0 Å². The van der Waals surface area contributed by atoms with Crippen LogP contribution in [0.15, 0.2) is 65.9 Å². The summed E-state index contributed by atoms with van der Waals surface area (Å²) in [6, 6.07) is 16.9. The van der Waals surface area contributed by atoms with E-state index in [1.807, 2.05) is 94.1 Å². The van der Waals surface area contributed by atoms with Gasteiger partial charge in [0.25, 0.3) is 0 Å². The molecule has 1 aliphatic heterocycles. The minimum Gasteiger partial charge on any atom is -0.462 e. The summed E-state index contributed by atoms with van der Waals surface area (Å²) in [5.74, 6) is -0.374. The molecule has 2 atom stereocenters. The molecule has 2 aromatic carbocycles. The second-order valence-electron chi connectivity index (χ2n) is 9.10. The summed E-state index contributed by atoms with van der Waals surface area (Å²) in [6.07, 6.45) is 0.706. The lowest BCUT2D eigenvalue weighted by Crippen LogP contribution is -2.47. The van der Waals surface area contributed by atoms with E-state index in [0.717, 1.165) is 16.8 Å². The third-order valence-electron chi connectivity index (χ3n) is 6.12. The van der Waals surface area contributed by atoms with E-state index in [2.05, 4.69) is 10.6 Å². The number of hydrogen-bond donors (Lipinski definition) is 2.